The molecule has 19 heavy (non-hydrogen) atoms. The summed E-state index contributed by atoms with van der Waals surface area (Å²) in [4.78, 5) is 8.71. The second-order valence-corrected chi connectivity index (χ2v) is 4.29. The molecule has 0 unspecified atom stereocenters. The first kappa shape index (κ1) is 16.0. The smallest absolute Gasteiger partial charge is 0.218 e. The van der Waals surface area contributed by atoms with E-state index in [0.717, 1.165) is 18.1 Å². The third-order valence-corrected chi connectivity index (χ3v) is 2.71. The lowest BCUT2D eigenvalue weighted by Crippen LogP contribution is -2.38. The molecule has 6 heteroatoms. The van der Waals surface area contributed by atoms with Gasteiger partial charge in [-0.05, 0) is 25.8 Å². The summed E-state index contributed by atoms with van der Waals surface area (Å²) in [5.41, 5.74) is 0.994. The van der Waals surface area contributed by atoms with Gasteiger partial charge in [0, 0.05) is 24.3 Å². The van der Waals surface area contributed by atoms with Crippen LogP contribution in [0.2, 0.25) is 0 Å². The first-order valence-electron chi connectivity index (χ1n) is 6.36. The van der Waals surface area contributed by atoms with E-state index >= 15 is 0 Å². The topological polar surface area (TPSA) is 58.5 Å². The number of aromatic nitrogens is 1. The molecule has 106 valence electrons. The van der Waals surface area contributed by atoms with Gasteiger partial charge in [-0.2, -0.15) is 0 Å². The first-order valence-corrected chi connectivity index (χ1v) is 6.36. The van der Waals surface area contributed by atoms with E-state index in [9.17, 15) is 0 Å². The molecule has 0 spiro atoms. The minimum Gasteiger partial charge on any atom is -0.481 e. The van der Waals surface area contributed by atoms with Gasteiger partial charge in [0.25, 0.3) is 0 Å². The van der Waals surface area contributed by atoms with E-state index in [2.05, 4.69) is 27.5 Å². The number of guanidine groups is 1. The van der Waals surface area contributed by atoms with Gasteiger partial charge in [0.1, 0.15) is 0 Å². The van der Waals surface area contributed by atoms with Gasteiger partial charge in [0.15, 0.2) is 5.96 Å². The minimum absolute atomic E-state index is 0. The predicted octanol–water partition coefficient (Wildman–Crippen LogP) is 1.93. The van der Waals surface area contributed by atoms with Crippen molar-refractivity contribution in [3.05, 3.63) is 23.9 Å². The Morgan fingerprint density at radius 2 is 2.32 bits per heavy atom. The summed E-state index contributed by atoms with van der Waals surface area (Å²) < 4.78 is 5.21. The van der Waals surface area contributed by atoms with Gasteiger partial charge >= 0.3 is 0 Å². The molecule has 1 aliphatic rings. The van der Waals surface area contributed by atoms with Crippen LogP contribution in [0.15, 0.2) is 23.3 Å². The molecule has 1 saturated carbocycles. The van der Waals surface area contributed by atoms with E-state index in [4.69, 9.17) is 4.74 Å². The Morgan fingerprint density at radius 1 is 1.53 bits per heavy atom. The van der Waals surface area contributed by atoms with Crippen LogP contribution in [0, 0.1) is 0 Å². The highest BCUT2D eigenvalue weighted by Crippen LogP contribution is 2.18. The number of rotatable bonds is 5. The van der Waals surface area contributed by atoms with Gasteiger partial charge in [0.2, 0.25) is 5.88 Å². The number of pyridine rings is 1. The molecule has 1 aromatic heterocycles. The van der Waals surface area contributed by atoms with E-state index in [0.29, 0.717) is 18.5 Å². The van der Waals surface area contributed by atoms with Crippen molar-refractivity contribution >= 4 is 29.9 Å². The molecule has 0 amide bonds. The first-order chi connectivity index (χ1) is 8.83. The fraction of sp³-hybridized carbons (Fsp3) is 0.538. The van der Waals surface area contributed by atoms with Gasteiger partial charge in [0.05, 0.1) is 13.7 Å². The number of methoxy groups -OCH3 is 1. The summed E-state index contributed by atoms with van der Waals surface area (Å²) >= 11 is 0. The van der Waals surface area contributed by atoms with E-state index in [1.165, 1.54) is 12.8 Å². The summed E-state index contributed by atoms with van der Waals surface area (Å²) in [5, 5.41) is 6.62. The van der Waals surface area contributed by atoms with Crippen molar-refractivity contribution in [1.82, 2.24) is 15.6 Å². The summed E-state index contributed by atoms with van der Waals surface area (Å²) in [6.45, 7) is 3.50. The average Bonchev–Trinajstić information content (AvgIpc) is 3.20. The molecule has 1 heterocycles. The van der Waals surface area contributed by atoms with Crippen LogP contribution in [0.3, 0.4) is 0 Å². The minimum atomic E-state index is 0. The van der Waals surface area contributed by atoms with E-state index in [1.807, 2.05) is 12.1 Å². The maximum Gasteiger partial charge on any atom is 0.218 e. The van der Waals surface area contributed by atoms with Crippen molar-refractivity contribution in [1.29, 1.82) is 0 Å². The van der Waals surface area contributed by atoms with Gasteiger partial charge in [-0.25, -0.2) is 9.98 Å². The Kier molecular flexibility index (Phi) is 6.90. The van der Waals surface area contributed by atoms with Crippen LogP contribution in [0.1, 0.15) is 25.3 Å². The number of aliphatic imine (C=N–C) groups is 1. The highest BCUT2D eigenvalue weighted by molar-refractivity contribution is 14.0. The maximum atomic E-state index is 5.21. The van der Waals surface area contributed by atoms with Gasteiger partial charge in [-0.3, -0.25) is 0 Å². The third kappa shape index (κ3) is 5.22. The molecule has 1 aromatic rings. The number of nitrogens with one attached hydrogen (secondary N) is 2. The monoisotopic (exact) mass is 376 g/mol. The van der Waals surface area contributed by atoms with Crippen LogP contribution in [0.25, 0.3) is 0 Å². The molecule has 1 fully saturated rings. The average molecular weight is 376 g/mol. The normalized spacial score (nSPS) is 14.5. The van der Waals surface area contributed by atoms with Crippen LogP contribution in [-0.2, 0) is 6.54 Å². The largest absolute Gasteiger partial charge is 0.481 e. The lowest BCUT2D eigenvalue weighted by atomic mass is 10.3. The second-order valence-electron chi connectivity index (χ2n) is 4.29. The van der Waals surface area contributed by atoms with Crippen LogP contribution in [0.4, 0.5) is 0 Å². The number of hydrogen-bond acceptors (Lipinski definition) is 3. The van der Waals surface area contributed by atoms with Crippen LogP contribution in [-0.4, -0.2) is 30.6 Å². The summed E-state index contributed by atoms with van der Waals surface area (Å²) in [7, 11) is 1.63. The summed E-state index contributed by atoms with van der Waals surface area (Å²) in [6.07, 6.45) is 4.20. The zero-order chi connectivity index (χ0) is 12.8. The number of ether oxygens (including phenoxy) is 1. The Bertz CT molecular complexity index is 421. The van der Waals surface area contributed by atoms with Crippen LogP contribution in [0.5, 0.6) is 5.88 Å². The standard InChI is InChI=1S/C13H20N4O.HI/c1-3-14-13(17-11-6-7-11)16-9-10-5-4-8-15-12(10)18-2;/h4-5,8,11H,3,6-7,9H2,1-2H3,(H2,14,16,17);1H. The molecule has 5 nitrogen and oxygen atoms in total. The number of halogens is 1. The molecule has 0 saturated heterocycles. The SMILES string of the molecule is CCNC(=NCc1cccnc1OC)NC1CC1.I. The molecular formula is C13H21IN4O. The van der Waals surface area contributed by atoms with Gasteiger partial charge in [-0.15, -0.1) is 24.0 Å². The highest BCUT2D eigenvalue weighted by atomic mass is 127. The highest BCUT2D eigenvalue weighted by Gasteiger charge is 2.22. The molecule has 0 atom stereocenters. The lowest BCUT2D eigenvalue weighted by Gasteiger charge is -2.10. The van der Waals surface area contributed by atoms with Crippen LogP contribution >= 0.6 is 24.0 Å². The van der Waals surface area contributed by atoms with Crippen molar-refractivity contribution in [2.75, 3.05) is 13.7 Å². The molecule has 0 bridgehead atoms. The Balaban J connectivity index is 0.00000180. The fourth-order valence-electron chi connectivity index (χ4n) is 1.63. The van der Waals surface area contributed by atoms with Crippen molar-refractivity contribution < 1.29 is 4.74 Å². The van der Waals surface area contributed by atoms with Crippen LogP contribution < -0.4 is 15.4 Å². The Hall–Kier alpha value is -1.05. The molecule has 2 rings (SSSR count). The summed E-state index contributed by atoms with van der Waals surface area (Å²) in [6, 6.07) is 4.48. The molecular weight excluding hydrogens is 355 g/mol. The van der Waals surface area contributed by atoms with Gasteiger partial charge < -0.3 is 15.4 Å². The van der Waals surface area contributed by atoms with Crippen molar-refractivity contribution in [2.24, 2.45) is 4.99 Å². The van der Waals surface area contributed by atoms with Crippen molar-refractivity contribution in [3.63, 3.8) is 0 Å². The third-order valence-electron chi connectivity index (χ3n) is 2.71. The number of hydrogen-bond donors (Lipinski definition) is 2. The molecule has 0 aromatic carbocycles. The Morgan fingerprint density at radius 3 is 2.95 bits per heavy atom. The van der Waals surface area contributed by atoms with Crippen molar-refractivity contribution in [3.8, 4) is 5.88 Å². The van der Waals surface area contributed by atoms with E-state index < -0.39 is 0 Å². The maximum absolute atomic E-state index is 5.21. The molecule has 1 aliphatic carbocycles. The zero-order valence-electron chi connectivity index (χ0n) is 11.3. The summed E-state index contributed by atoms with van der Waals surface area (Å²) in [5.74, 6) is 1.51. The Labute approximate surface area is 131 Å². The predicted molar refractivity (Wildman–Crippen MR) is 87.2 cm³/mol. The quantitative estimate of drug-likeness (QED) is 0.469. The lowest BCUT2D eigenvalue weighted by molar-refractivity contribution is 0.392. The molecule has 0 aliphatic heterocycles. The van der Waals surface area contributed by atoms with Gasteiger partial charge in [-0.1, -0.05) is 6.07 Å². The molecule has 0 radical (unpaired) electrons. The van der Waals surface area contributed by atoms with E-state index in [-0.39, 0.29) is 24.0 Å². The zero-order valence-corrected chi connectivity index (χ0v) is 13.7. The number of nitrogens with zero attached hydrogens (tertiary/aromatic N) is 2. The fourth-order valence-corrected chi connectivity index (χ4v) is 1.63. The van der Waals surface area contributed by atoms with Crippen molar-refractivity contribution in [2.45, 2.75) is 32.4 Å². The van der Waals surface area contributed by atoms with E-state index in [1.54, 1.807) is 13.3 Å². The second kappa shape index (κ2) is 8.19. The molecule has 2 N–H and O–H groups in total.